The van der Waals surface area contributed by atoms with E-state index >= 15 is 0 Å². The van der Waals surface area contributed by atoms with Gasteiger partial charge >= 0.3 is 0 Å². The minimum atomic E-state index is 0.700. The van der Waals surface area contributed by atoms with Crippen molar-refractivity contribution in [1.82, 2.24) is 0 Å². The summed E-state index contributed by atoms with van der Waals surface area (Å²) < 4.78 is 11.9. The summed E-state index contributed by atoms with van der Waals surface area (Å²) in [7, 11) is 0. The first-order valence-corrected chi connectivity index (χ1v) is 9.54. The monoisotopic (exact) mass is 386 g/mol. The molecule has 0 saturated carbocycles. The topological polar surface area (TPSA) is 18.5 Å². The highest BCUT2D eigenvalue weighted by Gasteiger charge is 2.02. The number of benzene rings is 4. The summed E-state index contributed by atoms with van der Waals surface area (Å²) in [5.41, 5.74) is 1.56. The van der Waals surface area contributed by atoms with E-state index < -0.39 is 0 Å². The van der Waals surface area contributed by atoms with E-state index in [1.165, 1.54) is 0 Å². The van der Waals surface area contributed by atoms with Gasteiger partial charge in [0.1, 0.15) is 23.0 Å². The van der Waals surface area contributed by atoms with Gasteiger partial charge < -0.3 is 9.47 Å². The quantitative estimate of drug-likeness (QED) is 0.365. The molecule has 0 atom stereocenters. The van der Waals surface area contributed by atoms with Gasteiger partial charge in [-0.2, -0.15) is 0 Å². The van der Waals surface area contributed by atoms with E-state index in [-0.39, 0.29) is 0 Å². The van der Waals surface area contributed by atoms with Crippen LogP contribution in [-0.2, 0) is 0 Å². The molecule has 0 aromatic heterocycles. The molecule has 0 spiro atoms. The van der Waals surface area contributed by atoms with Gasteiger partial charge in [-0.25, -0.2) is 0 Å². The minimum Gasteiger partial charge on any atom is -0.456 e. The van der Waals surface area contributed by atoms with Crippen LogP contribution in [0.3, 0.4) is 0 Å². The Balaban J connectivity index is 1.53. The second kappa shape index (κ2) is 9.69. The highest BCUT2D eigenvalue weighted by molar-refractivity contribution is 5.53. The average Bonchev–Trinajstić information content (AvgIpc) is 2.80. The molecule has 4 aromatic carbocycles. The van der Waals surface area contributed by atoms with Crippen molar-refractivity contribution in [3.63, 3.8) is 0 Å². The third-order valence-electron chi connectivity index (χ3n) is 4.17. The third-order valence-corrected chi connectivity index (χ3v) is 4.17. The number of hydrogen-bond donors (Lipinski definition) is 0. The van der Waals surface area contributed by atoms with Crippen LogP contribution in [0.25, 0.3) is 0 Å². The molecule has 0 aliphatic carbocycles. The van der Waals surface area contributed by atoms with Crippen molar-refractivity contribution in [1.29, 1.82) is 0 Å². The molecule has 4 aromatic rings. The summed E-state index contributed by atoms with van der Waals surface area (Å²) in [6, 6.07) is 34.6. The minimum absolute atomic E-state index is 0.700. The standard InChI is InChI=1S/C28H18O2/c1-3-17-25(18-4-1)29-27-21-11-9-15-23(27)13-7-8-14-24-16-10-12-22-28(24)30-26-19-5-2-6-20-26/h1-6,9-12,15-22H. The SMILES string of the molecule is C(C#Cc1ccccc1Oc1ccccc1)#Cc1ccccc1Oc1ccccc1. The molecular weight excluding hydrogens is 368 g/mol. The van der Waals surface area contributed by atoms with Crippen LogP contribution in [-0.4, -0.2) is 0 Å². The van der Waals surface area contributed by atoms with Gasteiger partial charge in [0, 0.05) is 0 Å². The molecule has 0 aliphatic rings. The molecule has 2 nitrogen and oxygen atoms in total. The van der Waals surface area contributed by atoms with Gasteiger partial charge in [0.05, 0.1) is 11.1 Å². The Labute approximate surface area is 176 Å². The molecule has 0 aliphatic heterocycles. The summed E-state index contributed by atoms with van der Waals surface area (Å²) in [5, 5.41) is 0. The van der Waals surface area contributed by atoms with E-state index in [0.717, 1.165) is 22.6 Å². The molecule has 4 rings (SSSR count). The van der Waals surface area contributed by atoms with E-state index in [0.29, 0.717) is 11.5 Å². The second-order valence-electron chi connectivity index (χ2n) is 6.32. The molecule has 0 amide bonds. The lowest BCUT2D eigenvalue weighted by atomic mass is 10.2. The largest absolute Gasteiger partial charge is 0.456 e. The van der Waals surface area contributed by atoms with E-state index in [1.807, 2.05) is 109 Å². The summed E-state index contributed by atoms with van der Waals surface area (Å²) in [6.07, 6.45) is 0. The first kappa shape index (κ1) is 18.9. The van der Waals surface area contributed by atoms with Crippen molar-refractivity contribution in [3.8, 4) is 46.7 Å². The van der Waals surface area contributed by atoms with Crippen molar-refractivity contribution in [2.75, 3.05) is 0 Å². The number of hydrogen-bond acceptors (Lipinski definition) is 2. The van der Waals surface area contributed by atoms with Crippen LogP contribution in [0.4, 0.5) is 0 Å². The first-order valence-electron chi connectivity index (χ1n) is 9.54. The first-order chi connectivity index (χ1) is 14.9. The van der Waals surface area contributed by atoms with Crippen LogP contribution < -0.4 is 9.47 Å². The summed E-state index contributed by atoms with van der Waals surface area (Å²) in [4.78, 5) is 0. The van der Waals surface area contributed by atoms with Crippen LogP contribution in [0.5, 0.6) is 23.0 Å². The molecule has 0 heterocycles. The highest BCUT2D eigenvalue weighted by atomic mass is 16.5. The predicted octanol–water partition coefficient (Wildman–Crippen LogP) is 6.67. The molecule has 0 radical (unpaired) electrons. The Hall–Kier alpha value is -4.40. The smallest absolute Gasteiger partial charge is 0.143 e. The van der Waals surface area contributed by atoms with Crippen molar-refractivity contribution in [2.45, 2.75) is 0 Å². The van der Waals surface area contributed by atoms with Crippen molar-refractivity contribution in [2.24, 2.45) is 0 Å². The molecule has 0 bridgehead atoms. The highest BCUT2D eigenvalue weighted by Crippen LogP contribution is 2.25. The van der Waals surface area contributed by atoms with Crippen LogP contribution in [0.2, 0.25) is 0 Å². The molecule has 0 unspecified atom stereocenters. The van der Waals surface area contributed by atoms with Crippen molar-refractivity contribution >= 4 is 0 Å². The summed E-state index contributed by atoms with van der Waals surface area (Å²) >= 11 is 0. The van der Waals surface area contributed by atoms with Crippen LogP contribution in [0, 0.1) is 23.7 Å². The number of para-hydroxylation sites is 4. The maximum atomic E-state index is 5.94. The van der Waals surface area contributed by atoms with Gasteiger partial charge in [-0.3, -0.25) is 0 Å². The lowest BCUT2D eigenvalue weighted by Gasteiger charge is -2.07. The van der Waals surface area contributed by atoms with E-state index in [4.69, 9.17) is 9.47 Å². The fourth-order valence-electron chi connectivity index (χ4n) is 2.75. The Morgan fingerprint density at radius 3 is 1.20 bits per heavy atom. The average molecular weight is 386 g/mol. The van der Waals surface area contributed by atoms with Gasteiger partial charge in [0.15, 0.2) is 0 Å². The predicted molar refractivity (Wildman–Crippen MR) is 120 cm³/mol. The zero-order valence-corrected chi connectivity index (χ0v) is 16.2. The van der Waals surface area contributed by atoms with Crippen molar-refractivity contribution < 1.29 is 9.47 Å². The lowest BCUT2D eigenvalue weighted by Crippen LogP contribution is -1.87. The fourth-order valence-corrected chi connectivity index (χ4v) is 2.75. The Kier molecular flexibility index (Phi) is 6.12. The van der Waals surface area contributed by atoms with E-state index in [9.17, 15) is 0 Å². The van der Waals surface area contributed by atoms with Gasteiger partial charge in [0.2, 0.25) is 0 Å². The number of ether oxygens (including phenoxy) is 2. The van der Waals surface area contributed by atoms with Gasteiger partial charge in [0.25, 0.3) is 0 Å². The molecule has 2 heteroatoms. The van der Waals surface area contributed by atoms with Crippen LogP contribution in [0.15, 0.2) is 109 Å². The Morgan fingerprint density at radius 1 is 0.400 bits per heavy atom. The van der Waals surface area contributed by atoms with E-state index in [1.54, 1.807) is 0 Å². The van der Waals surface area contributed by atoms with Gasteiger partial charge in [-0.05, 0) is 72.2 Å². The van der Waals surface area contributed by atoms with Crippen LogP contribution in [0.1, 0.15) is 11.1 Å². The van der Waals surface area contributed by atoms with Gasteiger partial charge in [-0.1, -0.05) is 60.7 Å². The zero-order chi connectivity index (χ0) is 20.4. The lowest BCUT2D eigenvalue weighted by molar-refractivity contribution is 0.481. The molecule has 142 valence electrons. The van der Waals surface area contributed by atoms with Crippen molar-refractivity contribution in [3.05, 3.63) is 120 Å². The third kappa shape index (κ3) is 5.10. The molecule has 0 fully saturated rings. The Morgan fingerprint density at radius 2 is 0.767 bits per heavy atom. The second-order valence-corrected chi connectivity index (χ2v) is 6.32. The zero-order valence-electron chi connectivity index (χ0n) is 16.2. The summed E-state index contributed by atoms with van der Waals surface area (Å²) in [5.74, 6) is 14.9. The number of rotatable bonds is 4. The van der Waals surface area contributed by atoms with E-state index in [2.05, 4.69) is 23.7 Å². The maximum Gasteiger partial charge on any atom is 0.143 e. The molecule has 0 saturated heterocycles. The molecule has 0 N–H and O–H groups in total. The normalized spacial score (nSPS) is 9.47. The maximum absolute atomic E-state index is 5.94. The summed E-state index contributed by atoms with van der Waals surface area (Å²) in [6.45, 7) is 0. The molecule has 30 heavy (non-hydrogen) atoms. The fraction of sp³-hybridized carbons (Fsp3) is 0. The van der Waals surface area contributed by atoms with Gasteiger partial charge in [-0.15, -0.1) is 0 Å². The van der Waals surface area contributed by atoms with Crippen LogP contribution >= 0.6 is 0 Å². The molecular formula is C28H18O2. The Bertz CT molecular complexity index is 1140.